The Balaban J connectivity index is 2.62. The van der Waals surface area contributed by atoms with Crippen LogP contribution in [0.3, 0.4) is 0 Å². The Morgan fingerprint density at radius 2 is 1.84 bits per heavy atom. The monoisotopic (exact) mass is 278 g/mol. The van der Waals surface area contributed by atoms with Gasteiger partial charge in [0.05, 0.1) is 0 Å². The number of carbonyl (C=O) groups is 1. The standard InChI is InChI=1S/C12H13F3O4/c13-12(14,15)10(11(17)18)7-19-9-3-1-8(2-4-9)5-6-16/h1-4,10,16H,5-7H2,(H,17,18). The van der Waals surface area contributed by atoms with Gasteiger partial charge in [-0.15, -0.1) is 0 Å². The Labute approximate surface area is 107 Å². The number of aliphatic hydroxyl groups excluding tert-OH is 1. The number of halogens is 3. The zero-order valence-corrected chi connectivity index (χ0v) is 9.85. The molecule has 0 aliphatic heterocycles. The molecule has 0 saturated heterocycles. The predicted octanol–water partition coefficient (Wildman–Crippen LogP) is 1.86. The van der Waals surface area contributed by atoms with Crippen molar-refractivity contribution in [2.45, 2.75) is 12.6 Å². The summed E-state index contributed by atoms with van der Waals surface area (Å²) in [6.45, 7) is -1.01. The average Bonchev–Trinajstić information content (AvgIpc) is 2.29. The summed E-state index contributed by atoms with van der Waals surface area (Å²) < 4.78 is 41.9. The number of carboxylic acids is 1. The van der Waals surface area contributed by atoms with Gasteiger partial charge >= 0.3 is 12.1 Å². The molecule has 1 rings (SSSR count). The number of alkyl halides is 3. The summed E-state index contributed by atoms with van der Waals surface area (Å²) >= 11 is 0. The predicted molar refractivity (Wildman–Crippen MR) is 59.9 cm³/mol. The zero-order valence-electron chi connectivity index (χ0n) is 9.85. The van der Waals surface area contributed by atoms with Crippen molar-refractivity contribution in [1.29, 1.82) is 0 Å². The highest BCUT2D eigenvalue weighted by Gasteiger charge is 2.45. The van der Waals surface area contributed by atoms with Crippen LogP contribution in [0, 0.1) is 5.92 Å². The van der Waals surface area contributed by atoms with Crippen LogP contribution in [0.4, 0.5) is 13.2 Å². The van der Waals surface area contributed by atoms with Crippen LogP contribution < -0.4 is 4.74 Å². The molecule has 0 saturated carbocycles. The van der Waals surface area contributed by atoms with Gasteiger partial charge in [-0.2, -0.15) is 13.2 Å². The van der Waals surface area contributed by atoms with Gasteiger partial charge in [0, 0.05) is 6.61 Å². The van der Waals surface area contributed by atoms with Gasteiger partial charge in [-0.25, -0.2) is 0 Å². The molecule has 1 aromatic rings. The van der Waals surface area contributed by atoms with Crippen LogP contribution in [0.1, 0.15) is 5.56 Å². The first-order chi connectivity index (χ1) is 8.84. The summed E-state index contributed by atoms with van der Waals surface area (Å²) in [5, 5.41) is 17.2. The van der Waals surface area contributed by atoms with Crippen molar-refractivity contribution >= 4 is 5.97 Å². The van der Waals surface area contributed by atoms with E-state index in [2.05, 4.69) is 0 Å². The van der Waals surface area contributed by atoms with Gasteiger partial charge in [-0.1, -0.05) is 12.1 Å². The number of benzene rings is 1. The minimum Gasteiger partial charge on any atom is -0.492 e. The van der Waals surface area contributed by atoms with Gasteiger partial charge in [0.15, 0.2) is 5.92 Å². The molecule has 0 spiro atoms. The van der Waals surface area contributed by atoms with E-state index in [0.29, 0.717) is 6.42 Å². The van der Waals surface area contributed by atoms with Crippen LogP contribution in [-0.4, -0.2) is 35.6 Å². The lowest BCUT2D eigenvalue weighted by molar-refractivity contribution is -0.198. The van der Waals surface area contributed by atoms with Gasteiger partial charge in [0.25, 0.3) is 0 Å². The fraction of sp³-hybridized carbons (Fsp3) is 0.417. The molecule has 0 bridgehead atoms. The van der Waals surface area contributed by atoms with Crippen molar-refractivity contribution in [2.24, 2.45) is 5.92 Å². The fourth-order valence-corrected chi connectivity index (χ4v) is 1.37. The number of rotatable bonds is 6. The Bertz CT molecular complexity index is 414. The van der Waals surface area contributed by atoms with E-state index in [1.807, 2.05) is 0 Å². The van der Waals surface area contributed by atoms with Crippen LogP contribution in [0.15, 0.2) is 24.3 Å². The molecule has 0 heterocycles. The third-order valence-electron chi connectivity index (χ3n) is 2.43. The van der Waals surface area contributed by atoms with Gasteiger partial charge in [-0.3, -0.25) is 4.79 Å². The van der Waals surface area contributed by atoms with E-state index in [4.69, 9.17) is 14.9 Å². The molecule has 19 heavy (non-hydrogen) atoms. The van der Waals surface area contributed by atoms with E-state index in [1.165, 1.54) is 12.1 Å². The van der Waals surface area contributed by atoms with Crippen LogP contribution >= 0.6 is 0 Å². The molecule has 7 heteroatoms. The second-order valence-corrected chi connectivity index (χ2v) is 3.86. The largest absolute Gasteiger partial charge is 0.492 e. The lowest BCUT2D eigenvalue weighted by Crippen LogP contribution is -2.35. The first-order valence-electron chi connectivity index (χ1n) is 5.46. The molecule has 106 valence electrons. The van der Waals surface area contributed by atoms with Crippen LogP contribution in [0.5, 0.6) is 5.75 Å². The van der Waals surface area contributed by atoms with Crippen molar-refractivity contribution in [3.05, 3.63) is 29.8 Å². The van der Waals surface area contributed by atoms with E-state index in [9.17, 15) is 18.0 Å². The fourth-order valence-electron chi connectivity index (χ4n) is 1.37. The summed E-state index contributed by atoms with van der Waals surface area (Å²) in [7, 11) is 0. The Morgan fingerprint density at radius 3 is 2.26 bits per heavy atom. The Hall–Kier alpha value is -1.76. The normalized spacial score (nSPS) is 13.1. The number of aliphatic hydroxyl groups is 1. The molecule has 0 aliphatic carbocycles. The third-order valence-corrected chi connectivity index (χ3v) is 2.43. The Kier molecular flexibility index (Phi) is 5.17. The molecular formula is C12H13F3O4. The van der Waals surface area contributed by atoms with E-state index < -0.39 is 24.7 Å². The smallest absolute Gasteiger partial charge is 0.405 e. The lowest BCUT2D eigenvalue weighted by Gasteiger charge is -2.16. The highest BCUT2D eigenvalue weighted by Crippen LogP contribution is 2.27. The topological polar surface area (TPSA) is 66.8 Å². The SMILES string of the molecule is O=C(O)C(COc1ccc(CCO)cc1)C(F)(F)F. The van der Waals surface area contributed by atoms with E-state index in [1.54, 1.807) is 12.1 Å². The second-order valence-electron chi connectivity index (χ2n) is 3.86. The van der Waals surface area contributed by atoms with E-state index in [0.717, 1.165) is 5.56 Å². The van der Waals surface area contributed by atoms with Crippen LogP contribution in [0.2, 0.25) is 0 Å². The summed E-state index contributed by atoms with van der Waals surface area (Å²) in [4.78, 5) is 10.5. The van der Waals surface area contributed by atoms with Crippen LogP contribution in [-0.2, 0) is 11.2 Å². The number of hydrogen-bond acceptors (Lipinski definition) is 3. The lowest BCUT2D eigenvalue weighted by atomic mass is 10.1. The number of carboxylic acid groups (broad SMARTS) is 1. The maximum atomic E-state index is 12.3. The van der Waals surface area contributed by atoms with Crippen molar-refractivity contribution in [2.75, 3.05) is 13.2 Å². The molecule has 0 aromatic heterocycles. The minimum absolute atomic E-state index is 0.0324. The number of hydrogen-bond donors (Lipinski definition) is 2. The van der Waals surface area contributed by atoms with Crippen LogP contribution in [0.25, 0.3) is 0 Å². The van der Waals surface area contributed by atoms with E-state index >= 15 is 0 Å². The highest BCUT2D eigenvalue weighted by atomic mass is 19.4. The average molecular weight is 278 g/mol. The molecule has 1 unspecified atom stereocenters. The molecule has 1 atom stereocenters. The molecule has 1 aromatic carbocycles. The summed E-state index contributed by atoms with van der Waals surface area (Å²) in [6, 6.07) is 6.05. The van der Waals surface area contributed by atoms with E-state index in [-0.39, 0.29) is 12.4 Å². The molecule has 4 nitrogen and oxygen atoms in total. The molecule has 2 N–H and O–H groups in total. The second kappa shape index (κ2) is 6.42. The Morgan fingerprint density at radius 1 is 1.26 bits per heavy atom. The highest BCUT2D eigenvalue weighted by molar-refractivity contribution is 5.71. The zero-order chi connectivity index (χ0) is 14.5. The minimum atomic E-state index is -4.84. The van der Waals surface area contributed by atoms with Gasteiger partial charge in [-0.05, 0) is 24.1 Å². The number of ether oxygens (including phenoxy) is 1. The van der Waals surface area contributed by atoms with Crippen molar-refractivity contribution in [1.82, 2.24) is 0 Å². The third kappa shape index (κ3) is 4.78. The molecular weight excluding hydrogens is 265 g/mol. The molecule has 0 radical (unpaired) electrons. The first-order valence-corrected chi connectivity index (χ1v) is 5.46. The van der Waals surface area contributed by atoms with Gasteiger partial charge < -0.3 is 14.9 Å². The molecule has 0 aliphatic rings. The van der Waals surface area contributed by atoms with Gasteiger partial charge in [0.1, 0.15) is 12.4 Å². The van der Waals surface area contributed by atoms with Crippen molar-refractivity contribution in [3.63, 3.8) is 0 Å². The quantitative estimate of drug-likeness (QED) is 0.833. The first kappa shape index (κ1) is 15.3. The van der Waals surface area contributed by atoms with Gasteiger partial charge in [0.2, 0.25) is 0 Å². The number of aliphatic carboxylic acids is 1. The maximum absolute atomic E-state index is 12.3. The maximum Gasteiger partial charge on any atom is 0.405 e. The summed E-state index contributed by atoms with van der Waals surface area (Å²) in [5.41, 5.74) is 0.806. The summed E-state index contributed by atoms with van der Waals surface area (Å²) in [5.74, 6) is -4.37. The molecule has 0 amide bonds. The van der Waals surface area contributed by atoms with Crippen molar-refractivity contribution < 1.29 is 32.9 Å². The summed E-state index contributed by atoms with van der Waals surface area (Å²) in [6.07, 6.45) is -4.41. The molecule has 0 fully saturated rings. The van der Waals surface area contributed by atoms with Crippen molar-refractivity contribution in [3.8, 4) is 5.75 Å².